The number of nitrogens with zero attached hydrogens (tertiary/aromatic N) is 3. The summed E-state index contributed by atoms with van der Waals surface area (Å²) in [5.41, 5.74) is 0.990. The molecule has 8 heteroatoms. The van der Waals surface area contributed by atoms with Gasteiger partial charge in [-0.2, -0.15) is 9.67 Å². The number of aromatic nitrogens is 3. The number of carbonyl (C=O) groups excluding carboxylic acids is 1. The number of rotatable bonds is 4. The summed E-state index contributed by atoms with van der Waals surface area (Å²) in [5, 5.41) is 10.3. The Hall–Kier alpha value is -3.29. The Balaban J connectivity index is 1.50. The molecule has 3 aromatic rings. The minimum Gasteiger partial charge on any atom is -0.381 e. The van der Waals surface area contributed by atoms with E-state index >= 15 is 0 Å². The fourth-order valence-electron chi connectivity index (χ4n) is 2.79. The van der Waals surface area contributed by atoms with Gasteiger partial charge in [-0.1, -0.05) is 12.1 Å². The number of fused-ring (bicyclic) bond motifs is 1. The molecule has 1 aromatic heterocycles. The van der Waals surface area contributed by atoms with Crippen LogP contribution in [-0.4, -0.2) is 33.3 Å². The first kappa shape index (κ1) is 16.2. The van der Waals surface area contributed by atoms with Crippen LogP contribution in [0.5, 0.6) is 0 Å². The number of carbonyl (C=O) groups is 1. The van der Waals surface area contributed by atoms with Crippen molar-refractivity contribution in [1.29, 1.82) is 0 Å². The summed E-state index contributed by atoms with van der Waals surface area (Å²) in [6.07, 6.45) is 0.195. The number of hydrogen-bond donors (Lipinski definition) is 2. The van der Waals surface area contributed by atoms with E-state index in [1.807, 2.05) is 0 Å². The molecule has 0 amide bonds. The molecule has 1 atom stereocenters. The summed E-state index contributed by atoms with van der Waals surface area (Å²) in [7, 11) is 0. The maximum Gasteiger partial charge on any atom is 0.252 e. The highest BCUT2D eigenvalue weighted by Crippen LogP contribution is 2.22. The van der Waals surface area contributed by atoms with E-state index in [4.69, 9.17) is 0 Å². The molecule has 2 N–H and O–H groups in total. The number of para-hydroxylation sites is 1. The van der Waals surface area contributed by atoms with Gasteiger partial charge in [-0.3, -0.25) is 4.79 Å². The maximum absolute atomic E-state index is 13.7. The van der Waals surface area contributed by atoms with E-state index in [-0.39, 0.29) is 30.0 Å². The molecule has 4 rings (SSSR count). The van der Waals surface area contributed by atoms with E-state index in [1.165, 1.54) is 22.9 Å². The molecule has 0 saturated carbocycles. The SMILES string of the molecule is O=C1CC(CNc2ccccc2F)Nc2nc(-c3ccc(F)cc3)nn21. The number of anilines is 2. The third-order valence-electron chi connectivity index (χ3n) is 4.11. The lowest BCUT2D eigenvalue weighted by atomic mass is 10.1. The van der Waals surface area contributed by atoms with Gasteiger partial charge in [0.15, 0.2) is 5.82 Å². The first-order chi connectivity index (χ1) is 12.6. The molecule has 0 aliphatic carbocycles. The van der Waals surface area contributed by atoms with Crippen LogP contribution in [0.4, 0.5) is 20.4 Å². The van der Waals surface area contributed by atoms with Gasteiger partial charge in [0, 0.05) is 12.1 Å². The first-order valence-corrected chi connectivity index (χ1v) is 8.11. The zero-order valence-electron chi connectivity index (χ0n) is 13.6. The van der Waals surface area contributed by atoms with Crippen LogP contribution in [0.15, 0.2) is 48.5 Å². The topological polar surface area (TPSA) is 71.8 Å². The summed E-state index contributed by atoms with van der Waals surface area (Å²) in [5.74, 6) is -0.257. The molecular weight excluding hydrogens is 340 g/mol. The van der Waals surface area contributed by atoms with Gasteiger partial charge in [-0.05, 0) is 36.4 Å². The Morgan fingerprint density at radius 1 is 1.15 bits per heavy atom. The predicted octanol–water partition coefficient (Wildman–Crippen LogP) is 3.16. The standard InChI is InChI=1S/C18H15F2N5O/c19-12-7-5-11(6-8-12)17-23-18-22-13(9-16(26)25(18)24-17)10-21-15-4-2-1-3-14(15)20/h1-8,13,21H,9-10H2,(H,22,23,24). The average Bonchev–Trinajstić information content (AvgIpc) is 3.06. The van der Waals surface area contributed by atoms with Crippen molar-refractivity contribution in [2.24, 2.45) is 0 Å². The molecule has 0 radical (unpaired) electrons. The fourth-order valence-corrected chi connectivity index (χ4v) is 2.79. The Morgan fingerprint density at radius 3 is 2.69 bits per heavy atom. The molecule has 0 fully saturated rings. The summed E-state index contributed by atoms with van der Waals surface area (Å²) in [4.78, 5) is 16.7. The van der Waals surface area contributed by atoms with Crippen LogP contribution < -0.4 is 10.6 Å². The van der Waals surface area contributed by atoms with E-state index in [0.29, 0.717) is 29.6 Å². The summed E-state index contributed by atoms with van der Waals surface area (Å²) >= 11 is 0. The molecule has 6 nitrogen and oxygen atoms in total. The Labute approximate surface area is 147 Å². The van der Waals surface area contributed by atoms with E-state index in [0.717, 1.165) is 0 Å². The largest absolute Gasteiger partial charge is 0.381 e. The lowest BCUT2D eigenvalue weighted by Crippen LogP contribution is -2.38. The number of halogens is 2. The van der Waals surface area contributed by atoms with Crippen molar-refractivity contribution in [3.63, 3.8) is 0 Å². The van der Waals surface area contributed by atoms with Gasteiger partial charge >= 0.3 is 0 Å². The highest BCUT2D eigenvalue weighted by atomic mass is 19.1. The minimum atomic E-state index is -0.355. The molecule has 2 heterocycles. The normalized spacial score (nSPS) is 16.1. The van der Waals surface area contributed by atoms with Crippen LogP contribution in [0.3, 0.4) is 0 Å². The molecule has 132 valence electrons. The number of nitrogens with one attached hydrogen (secondary N) is 2. The van der Waals surface area contributed by atoms with E-state index in [9.17, 15) is 13.6 Å². The first-order valence-electron chi connectivity index (χ1n) is 8.11. The molecule has 26 heavy (non-hydrogen) atoms. The van der Waals surface area contributed by atoms with Crippen molar-refractivity contribution in [1.82, 2.24) is 14.8 Å². The summed E-state index contributed by atoms with van der Waals surface area (Å²) in [6.45, 7) is 0.353. The van der Waals surface area contributed by atoms with Gasteiger partial charge < -0.3 is 10.6 Å². The zero-order chi connectivity index (χ0) is 18.1. The van der Waals surface area contributed by atoms with Gasteiger partial charge in [0.25, 0.3) is 5.91 Å². The third-order valence-corrected chi connectivity index (χ3v) is 4.11. The molecule has 0 saturated heterocycles. The van der Waals surface area contributed by atoms with Gasteiger partial charge in [-0.15, -0.1) is 5.10 Å². The second kappa shape index (κ2) is 6.55. The van der Waals surface area contributed by atoms with Gasteiger partial charge in [0.1, 0.15) is 11.6 Å². The molecule has 1 unspecified atom stereocenters. The van der Waals surface area contributed by atoms with Crippen LogP contribution in [0.2, 0.25) is 0 Å². The van der Waals surface area contributed by atoms with Crippen LogP contribution in [0, 0.1) is 11.6 Å². The minimum absolute atomic E-state index is 0.195. The van der Waals surface area contributed by atoms with Crippen molar-refractivity contribution >= 4 is 17.5 Å². The molecule has 1 aliphatic heterocycles. The van der Waals surface area contributed by atoms with Crippen molar-refractivity contribution in [2.75, 3.05) is 17.2 Å². The lowest BCUT2D eigenvalue weighted by molar-refractivity contribution is 0.0874. The maximum atomic E-state index is 13.7. The number of benzene rings is 2. The van der Waals surface area contributed by atoms with Crippen LogP contribution >= 0.6 is 0 Å². The van der Waals surface area contributed by atoms with Crippen molar-refractivity contribution in [2.45, 2.75) is 12.5 Å². The lowest BCUT2D eigenvalue weighted by Gasteiger charge is -2.23. The number of hydrogen-bond acceptors (Lipinski definition) is 5. The third kappa shape index (κ3) is 3.13. The predicted molar refractivity (Wildman–Crippen MR) is 93.0 cm³/mol. The van der Waals surface area contributed by atoms with Crippen molar-refractivity contribution in [3.8, 4) is 11.4 Å². The van der Waals surface area contributed by atoms with Crippen LogP contribution in [0.1, 0.15) is 11.2 Å². The fraction of sp³-hybridized carbons (Fsp3) is 0.167. The Kier molecular flexibility index (Phi) is 4.08. The zero-order valence-corrected chi connectivity index (χ0v) is 13.6. The highest BCUT2D eigenvalue weighted by Gasteiger charge is 2.27. The van der Waals surface area contributed by atoms with Crippen LogP contribution in [0.25, 0.3) is 11.4 Å². The molecule has 1 aliphatic rings. The quantitative estimate of drug-likeness (QED) is 0.752. The van der Waals surface area contributed by atoms with Gasteiger partial charge in [0.2, 0.25) is 5.95 Å². The highest BCUT2D eigenvalue weighted by molar-refractivity contribution is 5.84. The molecule has 0 bridgehead atoms. The second-order valence-corrected chi connectivity index (χ2v) is 5.98. The Bertz CT molecular complexity index is 954. The van der Waals surface area contributed by atoms with E-state index in [2.05, 4.69) is 20.7 Å². The van der Waals surface area contributed by atoms with E-state index in [1.54, 1.807) is 30.3 Å². The molecule has 2 aromatic carbocycles. The Morgan fingerprint density at radius 2 is 1.92 bits per heavy atom. The second-order valence-electron chi connectivity index (χ2n) is 5.98. The molecule has 0 spiro atoms. The van der Waals surface area contributed by atoms with E-state index < -0.39 is 0 Å². The molecular formula is C18H15F2N5O. The van der Waals surface area contributed by atoms with Crippen molar-refractivity contribution in [3.05, 3.63) is 60.2 Å². The average molecular weight is 355 g/mol. The van der Waals surface area contributed by atoms with Crippen LogP contribution in [-0.2, 0) is 0 Å². The summed E-state index contributed by atoms with van der Waals surface area (Å²) in [6, 6.07) is 11.8. The smallest absolute Gasteiger partial charge is 0.252 e. The summed E-state index contributed by atoms with van der Waals surface area (Å²) < 4.78 is 27.9. The van der Waals surface area contributed by atoms with Gasteiger partial charge in [0.05, 0.1) is 18.2 Å². The van der Waals surface area contributed by atoms with Gasteiger partial charge in [-0.25, -0.2) is 8.78 Å². The monoisotopic (exact) mass is 355 g/mol. The van der Waals surface area contributed by atoms with Crippen molar-refractivity contribution < 1.29 is 13.6 Å².